The molecule has 0 fully saturated rings. The molecule has 0 aliphatic heterocycles. The Kier molecular flexibility index (Phi) is 4.16. The highest BCUT2D eigenvalue weighted by Crippen LogP contribution is 2.22. The molecular formula is C10H16N6S. The minimum absolute atomic E-state index is 0.0879. The van der Waals surface area contributed by atoms with Crippen molar-refractivity contribution in [1.29, 1.82) is 0 Å². The zero-order valence-electron chi connectivity index (χ0n) is 10.00. The molecule has 0 radical (unpaired) electrons. The van der Waals surface area contributed by atoms with E-state index >= 15 is 0 Å². The van der Waals surface area contributed by atoms with Crippen molar-refractivity contribution in [3.63, 3.8) is 0 Å². The van der Waals surface area contributed by atoms with Crippen molar-refractivity contribution in [3.05, 3.63) is 23.0 Å². The third-order valence-corrected chi connectivity index (χ3v) is 3.23. The van der Waals surface area contributed by atoms with Crippen LogP contribution in [-0.2, 0) is 6.54 Å². The van der Waals surface area contributed by atoms with Gasteiger partial charge in [-0.3, -0.25) is 0 Å². The van der Waals surface area contributed by atoms with Crippen LogP contribution < -0.4 is 5.32 Å². The normalized spacial score (nSPS) is 12.8. The molecule has 0 aliphatic carbocycles. The van der Waals surface area contributed by atoms with Crippen molar-refractivity contribution in [1.82, 2.24) is 29.9 Å². The summed E-state index contributed by atoms with van der Waals surface area (Å²) in [5.41, 5.74) is 1.06. The highest BCUT2D eigenvalue weighted by molar-refractivity contribution is 7.05. The highest BCUT2D eigenvalue weighted by atomic mass is 32.1. The van der Waals surface area contributed by atoms with E-state index in [1.807, 2.05) is 4.68 Å². The number of rotatable bonds is 6. The Hall–Kier alpha value is -1.34. The van der Waals surface area contributed by atoms with Gasteiger partial charge in [0.25, 0.3) is 0 Å². The number of aromatic nitrogens is 5. The fourth-order valence-electron chi connectivity index (χ4n) is 1.68. The van der Waals surface area contributed by atoms with Gasteiger partial charge in [0.05, 0.1) is 29.0 Å². The largest absolute Gasteiger partial charge is 0.304 e. The molecule has 0 aromatic carbocycles. The van der Waals surface area contributed by atoms with Gasteiger partial charge in [0, 0.05) is 6.54 Å². The molecule has 2 aromatic heterocycles. The summed E-state index contributed by atoms with van der Waals surface area (Å²) in [4.78, 5) is 1.09. The van der Waals surface area contributed by atoms with Crippen LogP contribution in [-0.4, -0.2) is 31.1 Å². The van der Waals surface area contributed by atoms with Crippen molar-refractivity contribution in [2.24, 2.45) is 0 Å². The van der Waals surface area contributed by atoms with Crippen LogP contribution in [0, 0.1) is 0 Å². The molecule has 2 aromatic rings. The van der Waals surface area contributed by atoms with Gasteiger partial charge in [-0.25, -0.2) is 4.68 Å². The molecule has 0 amide bonds. The van der Waals surface area contributed by atoms with Gasteiger partial charge >= 0.3 is 0 Å². The van der Waals surface area contributed by atoms with Crippen molar-refractivity contribution in [3.8, 4) is 0 Å². The predicted octanol–water partition coefficient (Wildman–Crippen LogP) is 1.24. The number of nitrogens with zero attached hydrogens (tertiary/aromatic N) is 5. The lowest BCUT2D eigenvalue weighted by molar-refractivity contribution is 0.527. The first-order valence-corrected chi connectivity index (χ1v) is 6.53. The minimum Gasteiger partial charge on any atom is -0.304 e. The molecule has 0 bridgehead atoms. The fraction of sp³-hybridized carbons (Fsp3) is 0.600. The first-order valence-electron chi connectivity index (χ1n) is 5.75. The Balaban J connectivity index is 2.27. The number of hydrogen-bond acceptors (Lipinski definition) is 6. The van der Waals surface area contributed by atoms with Crippen LogP contribution in [0.15, 0.2) is 12.4 Å². The quantitative estimate of drug-likeness (QED) is 0.837. The van der Waals surface area contributed by atoms with Gasteiger partial charge in [0.1, 0.15) is 0 Å². The van der Waals surface area contributed by atoms with Crippen LogP contribution in [0.4, 0.5) is 0 Å². The summed E-state index contributed by atoms with van der Waals surface area (Å²) >= 11 is 1.41. The number of aryl methyl sites for hydroxylation is 1. The summed E-state index contributed by atoms with van der Waals surface area (Å²) in [5, 5.41) is 15.4. The molecule has 17 heavy (non-hydrogen) atoms. The standard InChI is InChI=1S/C10H16N6S/c1-3-5-11-10(9-7-13-15-17-9)8-6-12-14-16(8)4-2/h6-7,10-11H,3-5H2,1-2H3. The van der Waals surface area contributed by atoms with Crippen LogP contribution in [0.5, 0.6) is 0 Å². The van der Waals surface area contributed by atoms with Gasteiger partial charge in [-0.1, -0.05) is 16.6 Å². The molecular weight excluding hydrogens is 236 g/mol. The number of hydrogen-bond donors (Lipinski definition) is 1. The Morgan fingerprint density at radius 1 is 1.35 bits per heavy atom. The van der Waals surface area contributed by atoms with E-state index in [2.05, 4.69) is 39.1 Å². The van der Waals surface area contributed by atoms with E-state index in [0.717, 1.165) is 30.1 Å². The summed E-state index contributed by atoms with van der Waals surface area (Å²) in [5.74, 6) is 0. The second kappa shape index (κ2) is 5.83. The lowest BCUT2D eigenvalue weighted by Gasteiger charge is -2.16. The summed E-state index contributed by atoms with van der Waals surface area (Å²) in [6.07, 6.45) is 4.68. The molecule has 6 nitrogen and oxygen atoms in total. The Labute approximate surface area is 104 Å². The second-order valence-electron chi connectivity index (χ2n) is 3.68. The molecule has 2 rings (SSSR count). The molecule has 1 unspecified atom stereocenters. The van der Waals surface area contributed by atoms with Crippen LogP contribution in [0.1, 0.15) is 36.9 Å². The molecule has 0 saturated heterocycles. The van der Waals surface area contributed by atoms with Crippen molar-refractivity contribution >= 4 is 11.5 Å². The highest BCUT2D eigenvalue weighted by Gasteiger charge is 2.19. The van der Waals surface area contributed by atoms with Crippen molar-refractivity contribution in [2.45, 2.75) is 32.9 Å². The molecule has 7 heteroatoms. The van der Waals surface area contributed by atoms with Gasteiger partial charge in [-0.05, 0) is 31.4 Å². The zero-order valence-corrected chi connectivity index (χ0v) is 10.8. The summed E-state index contributed by atoms with van der Waals surface area (Å²) in [6.45, 7) is 5.95. The molecule has 0 spiro atoms. The lowest BCUT2D eigenvalue weighted by atomic mass is 10.2. The minimum atomic E-state index is 0.0879. The van der Waals surface area contributed by atoms with Gasteiger partial charge < -0.3 is 5.32 Å². The van der Waals surface area contributed by atoms with E-state index in [1.54, 1.807) is 12.4 Å². The van der Waals surface area contributed by atoms with E-state index < -0.39 is 0 Å². The third-order valence-electron chi connectivity index (χ3n) is 2.50. The molecule has 92 valence electrons. The molecule has 2 heterocycles. The van der Waals surface area contributed by atoms with E-state index in [1.165, 1.54) is 11.5 Å². The monoisotopic (exact) mass is 252 g/mol. The fourth-order valence-corrected chi connectivity index (χ4v) is 2.27. The maximum atomic E-state index is 4.06. The van der Waals surface area contributed by atoms with Gasteiger partial charge in [0.2, 0.25) is 0 Å². The van der Waals surface area contributed by atoms with E-state index in [4.69, 9.17) is 0 Å². The van der Waals surface area contributed by atoms with Crippen LogP contribution in [0.25, 0.3) is 0 Å². The molecule has 0 saturated carbocycles. The van der Waals surface area contributed by atoms with Crippen molar-refractivity contribution < 1.29 is 0 Å². The van der Waals surface area contributed by atoms with E-state index in [-0.39, 0.29) is 6.04 Å². The van der Waals surface area contributed by atoms with Gasteiger partial charge in [-0.15, -0.1) is 10.2 Å². The summed E-state index contributed by atoms with van der Waals surface area (Å²) < 4.78 is 5.81. The molecule has 0 aliphatic rings. The van der Waals surface area contributed by atoms with E-state index in [0.29, 0.717) is 0 Å². The van der Waals surface area contributed by atoms with Gasteiger partial charge in [-0.2, -0.15) is 0 Å². The third kappa shape index (κ3) is 2.67. The van der Waals surface area contributed by atoms with Crippen LogP contribution >= 0.6 is 11.5 Å². The predicted molar refractivity (Wildman–Crippen MR) is 65.7 cm³/mol. The first-order chi connectivity index (χ1) is 8.36. The SMILES string of the molecule is CCCNC(c1cnns1)c1cnnn1CC. The summed E-state index contributed by atoms with van der Waals surface area (Å²) in [7, 11) is 0. The molecule has 1 N–H and O–H groups in total. The average molecular weight is 252 g/mol. The Bertz CT molecular complexity index is 437. The Morgan fingerprint density at radius 2 is 2.24 bits per heavy atom. The smallest absolute Gasteiger partial charge is 0.0890 e. The van der Waals surface area contributed by atoms with Crippen LogP contribution in [0.3, 0.4) is 0 Å². The van der Waals surface area contributed by atoms with Crippen molar-refractivity contribution in [2.75, 3.05) is 6.54 Å². The summed E-state index contributed by atoms with van der Waals surface area (Å²) in [6, 6.07) is 0.0879. The maximum absolute atomic E-state index is 4.06. The van der Waals surface area contributed by atoms with Gasteiger partial charge in [0.15, 0.2) is 0 Å². The average Bonchev–Trinajstić information content (AvgIpc) is 3.00. The maximum Gasteiger partial charge on any atom is 0.0890 e. The second-order valence-corrected chi connectivity index (χ2v) is 4.50. The zero-order chi connectivity index (χ0) is 12.1. The lowest BCUT2D eigenvalue weighted by Crippen LogP contribution is -2.25. The van der Waals surface area contributed by atoms with E-state index in [9.17, 15) is 0 Å². The topological polar surface area (TPSA) is 68.5 Å². The number of nitrogens with one attached hydrogen (secondary N) is 1. The Morgan fingerprint density at radius 3 is 2.88 bits per heavy atom. The molecule has 1 atom stereocenters. The first kappa shape index (κ1) is 12.1. The van der Waals surface area contributed by atoms with Crippen LogP contribution in [0.2, 0.25) is 0 Å².